The summed E-state index contributed by atoms with van der Waals surface area (Å²) >= 11 is 1.63. The lowest BCUT2D eigenvalue weighted by Gasteiger charge is -2.12. The summed E-state index contributed by atoms with van der Waals surface area (Å²) in [7, 11) is 0. The molecule has 0 aromatic heterocycles. The van der Waals surface area contributed by atoms with E-state index in [1.807, 2.05) is 37.3 Å². The predicted octanol–water partition coefficient (Wildman–Crippen LogP) is 3.05. The van der Waals surface area contributed by atoms with Gasteiger partial charge in [0.25, 0.3) is 5.91 Å². The van der Waals surface area contributed by atoms with Crippen LogP contribution in [-0.4, -0.2) is 23.1 Å². The van der Waals surface area contributed by atoms with Gasteiger partial charge in [0.1, 0.15) is 0 Å². The summed E-state index contributed by atoms with van der Waals surface area (Å²) in [6, 6.07) is 8.09. The van der Waals surface area contributed by atoms with E-state index in [9.17, 15) is 4.79 Å². The molecule has 1 saturated heterocycles. The first-order chi connectivity index (χ1) is 8.16. The van der Waals surface area contributed by atoms with Gasteiger partial charge in [-0.05, 0) is 18.6 Å². The summed E-state index contributed by atoms with van der Waals surface area (Å²) in [6.45, 7) is 6.67. The van der Waals surface area contributed by atoms with Gasteiger partial charge in [0.2, 0.25) is 0 Å². The van der Waals surface area contributed by atoms with Crippen LogP contribution in [0.5, 0.6) is 0 Å². The van der Waals surface area contributed by atoms with Crippen molar-refractivity contribution in [3.05, 3.63) is 53.1 Å². The van der Waals surface area contributed by atoms with Crippen molar-refractivity contribution in [3.8, 4) is 0 Å². The van der Waals surface area contributed by atoms with Crippen molar-refractivity contribution in [2.75, 3.05) is 12.3 Å². The number of aryl methyl sites for hydroxylation is 1. The summed E-state index contributed by atoms with van der Waals surface area (Å²) in [5, 5.41) is 0.851. The summed E-state index contributed by atoms with van der Waals surface area (Å²) < 4.78 is 0. The SMILES string of the molecule is C=C1SCCN1C(=O)/C=C/c1ccc(C)cc1. The molecule has 0 saturated carbocycles. The van der Waals surface area contributed by atoms with E-state index in [0.29, 0.717) is 0 Å². The molecule has 1 heterocycles. The first-order valence-corrected chi connectivity index (χ1v) is 6.53. The second-order valence-electron chi connectivity index (χ2n) is 3.98. The third-order valence-electron chi connectivity index (χ3n) is 2.65. The van der Waals surface area contributed by atoms with Crippen LogP contribution in [0.3, 0.4) is 0 Å². The fourth-order valence-electron chi connectivity index (χ4n) is 1.63. The second-order valence-corrected chi connectivity index (χ2v) is 5.14. The Balaban J connectivity index is 2.03. The van der Waals surface area contributed by atoms with Gasteiger partial charge in [0.15, 0.2) is 0 Å². The van der Waals surface area contributed by atoms with E-state index in [4.69, 9.17) is 0 Å². The zero-order chi connectivity index (χ0) is 12.3. The summed E-state index contributed by atoms with van der Waals surface area (Å²) in [5.74, 6) is 0.962. The normalized spacial score (nSPS) is 15.8. The lowest BCUT2D eigenvalue weighted by Crippen LogP contribution is -2.24. The molecule has 0 bridgehead atoms. The van der Waals surface area contributed by atoms with Gasteiger partial charge in [-0.3, -0.25) is 4.79 Å². The van der Waals surface area contributed by atoms with E-state index in [1.54, 1.807) is 22.7 Å². The fourth-order valence-corrected chi connectivity index (χ4v) is 2.47. The van der Waals surface area contributed by atoms with Crippen LogP contribution >= 0.6 is 11.8 Å². The highest BCUT2D eigenvalue weighted by Gasteiger charge is 2.20. The molecule has 0 radical (unpaired) electrons. The molecule has 17 heavy (non-hydrogen) atoms. The van der Waals surface area contributed by atoms with E-state index >= 15 is 0 Å². The van der Waals surface area contributed by atoms with Gasteiger partial charge in [-0.15, -0.1) is 11.8 Å². The number of nitrogens with zero attached hydrogens (tertiary/aromatic N) is 1. The number of carbonyl (C=O) groups is 1. The molecule has 3 heteroatoms. The average Bonchev–Trinajstić information content (AvgIpc) is 2.74. The van der Waals surface area contributed by atoms with Crippen LogP contribution in [0.25, 0.3) is 6.08 Å². The van der Waals surface area contributed by atoms with Crippen LogP contribution in [0, 0.1) is 6.92 Å². The van der Waals surface area contributed by atoms with Crippen molar-refractivity contribution in [1.82, 2.24) is 4.90 Å². The minimum atomic E-state index is 0.0144. The van der Waals surface area contributed by atoms with E-state index in [1.165, 1.54) is 5.56 Å². The molecule has 1 aromatic rings. The highest BCUT2D eigenvalue weighted by atomic mass is 32.2. The molecule has 88 valence electrons. The predicted molar refractivity (Wildman–Crippen MR) is 73.5 cm³/mol. The molecule has 0 N–H and O–H groups in total. The molecule has 1 fully saturated rings. The van der Waals surface area contributed by atoms with Gasteiger partial charge in [-0.25, -0.2) is 0 Å². The quantitative estimate of drug-likeness (QED) is 0.746. The maximum atomic E-state index is 11.9. The van der Waals surface area contributed by atoms with Crippen LogP contribution in [0.2, 0.25) is 0 Å². The Bertz CT molecular complexity index is 462. The zero-order valence-electron chi connectivity index (χ0n) is 9.85. The highest BCUT2D eigenvalue weighted by Crippen LogP contribution is 2.25. The largest absolute Gasteiger partial charge is 0.303 e. The van der Waals surface area contributed by atoms with Crippen molar-refractivity contribution in [3.63, 3.8) is 0 Å². The molecule has 0 atom stereocenters. The van der Waals surface area contributed by atoms with Crippen LogP contribution in [0.1, 0.15) is 11.1 Å². The molecular formula is C14H15NOS. The van der Waals surface area contributed by atoms with Crippen molar-refractivity contribution >= 4 is 23.7 Å². The first kappa shape index (κ1) is 12.0. The molecule has 1 aliphatic heterocycles. The smallest absolute Gasteiger partial charge is 0.251 e. The van der Waals surface area contributed by atoms with Gasteiger partial charge < -0.3 is 4.90 Å². The number of thioether (sulfide) groups is 1. The lowest BCUT2D eigenvalue weighted by molar-refractivity contribution is -0.123. The third-order valence-corrected chi connectivity index (χ3v) is 3.59. The number of carbonyl (C=O) groups excluding carboxylic acids is 1. The summed E-state index contributed by atoms with van der Waals surface area (Å²) in [5.41, 5.74) is 2.26. The minimum Gasteiger partial charge on any atom is -0.303 e. The van der Waals surface area contributed by atoms with Gasteiger partial charge in [-0.1, -0.05) is 36.4 Å². The summed E-state index contributed by atoms with van der Waals surface area (Å²) in [6.07, 6.45) is 3.46. The van der Waals surface area contributed by atoms with E-state index in [2.05, 4.69) is 6.58 Å². The Hall–Kier alpha value is -1.48. The molecular weight excluding hydrogens is 230 g/mol. The van der Waals surface area contributed by atoms with Gasteiger partial charge >= 0.3 is 0 Å². The Morgan fingerprint density at radius 1 is 1.41 bits per heavy atom. The maximum absolute atomic E-state index is 11.9. The third kappa shape index (κ3) is 3.01. The minimum absolute atomic E-state index is 0.0144. The fraction of sp³-hybridized carbons (Fsp3) is 0.214. The van der Waals surface area contributed by atoms with Crippen LogP contribution < -0.4 is 0 Å². The Morgan fingerprint density at radius 3 is 2.71 bits per heavy atom. The molecule has 0 unspecified atom stereocenters. The maximum Gasteiger partial charge on any atom is 0.251 e. The van der Waals surface area contributed by atoms with E-state index < -0.39 is 0 Å². The Morgan fingerprint density at radius 2 is 2.12 bits per heavy atom. The molecule has 1 aromatic carbocycles. The zero-order valence-corrected chi connectivity index (χ0v) is 10.7. The van der Waals surface area contributed by atoms with Crippen LogP contribution in [-0.2, 0) is 4.79 Å². The Kier molecular flexibility index (Phi) is 3.69. The standard InChI is InChI=1S/C14H15NOS/c1-11-3-5-13(6-4-11)7-8-14(16)15-9-10-17-12(15)2/h3-8H,2,9-10H2,1H3/b8-7+. The van der Waals surface area contributed by atoms with Crippen molar-refractivity contribution in [2.45, 2.75) is 6.92 Å². The topological polar surface area (TPSA) is 20.3 Å². The van der Waals surface area contributed by atoms with Gasteiger partial charge in [-0.2, -0.15) is 0 Å². The molecule has 1 amide bonds. The van der Waals surface area contributed by atoms with Crippen LogP contribution in [0.4, 0.5) is 0 Å². The van der Waals surface area contributed by atoms with E-state index in [0.717, 1.165) is 22.9 Å². The van der Waals surface area contributed by atoms with Crippen LogP contribution in [0.15, 0.2) is 41.9 Å². The molecule has 1 aliphatic rings. The first-order valence-electron chi connectivity index (χ1n) is 5.55. The lowest BCUT2D eigenvalue weighted by atomic mass is 10.1. The number of rotatable bonds is 2. The highest BCUT2D eigenvalue weighted by molar-refractivity contribution is 8.03. The van der Waals surface area contributed by atoms with Gasteiger partial charge in [0, 0.05) is 18.4 Å². The monoisotopic (exact) mass is 245 g/mol. The van der Waals surface area contributed by atoms with Crippen molar-refractivity contribution in [1.29, 1.82) is 0 Å². The molecule has 0 spiro atoms. The van der Waals surface area contributed by atoms with E-state index in [-0.39, 0.29) is 5.91 Å². The molecule has 2 rings (SSSR count). The van der Waals surface area contributed by atoms with Crippen molar-refractivity contribution in [2.24, 2.45) is 0 Å². The second kappa shape index (κ2) is 5.23. The van der Waals surface area contributed by atoms with Gasteiger partial charge in [0.05, 0.1) is 5.03 Å². The Labute approximate surface area is 106 Å². The summed E-state index contributed by atoms with van der Waals surface area (Å²) in [4.78, 5) is 13.6. The molecule has 0 aliphatic carbocycles. The number of hydrogen-bond acceptors (Lipinski definition) is 2. The number of hydrogen-bond donors (Lipinski definition) is 0. The van der Waals surface area contributed by atoms with Crippen molar-refractivity contribution < 1.29 is 4.79 Å². The average molecular weight is 245 g/mol. The number of amides is 1. The number of benzene rings is 1. The molecule has 2 nitrogen and oxygen atoms in total.